The number of nitrogens with zero attached hydrogens (tertiary/aromatic N) is 2. The highest BCUT2D eigenvalue weighted by Gasteiger charge is 2.32. The van der Waals surface area contributed by atoms with Gasteiger partial charge < -0.3 is 25.0 Å². The molecule has 6 nitrogen and oxygen atoms in total. The van der Waals surface area contributed by atoms with Crippen LogP contribution in [0, 0.1) is 5.82 Å². The first-order valence-corrected chi connectivity index (χ1v) is 16.9. The molecule has 0 radical (unpaired) electrons. The van der Waals surface area contributed by atoms with Gasteiger partial charge in [0.25, 0.3) is 0 Å². The van der Waals surface area contributed by atoms with Crippen molar-refractivity contribution in [2.24, 2.45) is 0 Å². The fourth-order valence-electron chi connectivity index (χ4n) is 5.69. The van der Waals surface area contributed by atoms with Gasteiger partial charge in [-0.25, -0.2) is 4.39 Å². The quantitative estimate of drug-likeness (QED) is 0.106. The minimum Gasteiger partial charge on any atom is -0.423 e. The molecule has 2 saturated heterocycles. The number of benzene rings is 4. The second-order valence-electron chi connectivity index (χ2n) is 12.1. The Labute approximate surface area is 293 Å². The van der Waals surface area contributed by atoms with Crippen molar-refractivity contribution in [2.75, 3.05) is 36.0 Å². The maximum atomic E-state index is 13.3. The number of halogens is 5. The molecule has 6 rings (SSSR count). The van der Waals surface area contributed by atoms with Crippen LogP contribution in [0.1, 0.15) is 67.1 Å². The molecule has 0 saturated carbocycles. The number of ketones is 1. The smallest absolute Gasteiger partial charge is 0.423 e. The fourth-order valence-corrected chi connectivity index (χ4v) is 6.15. The number of rotatable bonds is 6. The van der Waals surface area contributed by atoms with Crippen molar-refractivity contribution in [3.05, 3.63) is 112 Å². The summed E-state index contributed by atoms with van der Waals surface area (Å²) in [7, 11) is -1.51. The van der Waals surface area contributed by atoms with E-state index in [0.29, 0.717) is 33.4 Å². The highest BCUT2D eigenvalue weighted by Crippen LogP contribution is 2.37. The summed E-state index contributed by atoms with van der Waals surface area (Å²) in [4.78, 5) is 15.1. The molecule has 2 heterocycles. The van der Waals surface area contributed by atoms with Crippen LogP contribution in [0.15, 0.2) is 89.4 Å². The van der Waals surface area contributed by atoms with Crippen LogP contribution in [0.3, 0.4) is 0 Å². The Morgan fingerprint density at radius 2 is 1.39 bits per heavy atom. The van der Waals surface area contributed by atoms with Gasteiger partial charge in [0.05, 0.1) is 11.7 Å². The van der Waals surface area contributed by atoms with Gasteiger partial charge in [-0.1, -0.05) is 58.4 Å². The van der Waals surface area contributed by atoms with E-state index in [1.54, 1.807) is 55.5 Å². The Kier molecular flexibility index (Phi) is 13.4. The van der Waals surface area contributed by atoms with E-state index in [9.17, 15) is 27.5 Å². The van der Waals surface area contributed by atoms with Crippen molar-refractivity contribution in [3.8, 4) is 11.1 Å². The number of Topliss-reactive ketones (excluding diaryl/α,β-unsaturated/α-hetero) is 1. The Morgan fingerprint density at radius 1 is 0.796 bits per heavy atom. The third kappa shape index (κ3) is 11.2. The molecule has 49 heavy (non-hydrogen) atoms. The van der Waals surface area contributed by atoms with Crippen molar-refractivity contribution in [2.45, 2.75) is 51.8 Å². The Bertz CT molecular complexity index is 1690. The molecule has 3 N–H and O–H groups in total. The van der Waals surface area contributed by atoms with Gasteiger partial charge in [0.1, 0.15) is 5.82 Å². The summed E-state index contributed by atoms with van der Waals surface area (Å²) in [5.41, 5.74) is 3.68. The van der Waals surface area contributed by atoms with Crippen LogP contribution in [0.2, 0.25) is 0 Å². The molecule has 0 spiro atoms. The molecule has 0 aromatic heterocycles. The molecule has 0 amide bonds. The predicted octanol–water partition coefficient (Wildman–Crippen LogP) is 7.78. The van der Waals surface area contributed by atoms with Gasteiger partial charge in [-0.05, 0) is 104 Å². The van der Waals surface area contributed by atoms with Gasteiger partial charge in [0.2, 0.25) is 0 Å². The first-order valence-electron chi connectivity index (χ1n) is 16.1. The first-order chi connectivity index (χ1) is 23.2. The lowest BCUT2D eigenvalue weighted by atomic mass is 9.79. The van der Waals surface area contributed by atoms with Gasteiger partial charge in [0, 0.05) is 47.6 Å². The lowest BCUT2D eigenvalue weighted by Crippen LogP contribution is -2.30. The number of hydrogen-bond acceptors (Lipinski definition) is 6. The largest absolute Gasteiger partial charge is 0.488 e. The normalized spacial score (nSPS) is 14.8. The monoisotopic (exact) mass is 742 g/mol. The zero-order valence-corrected chi connectivity index (χ0v) is 29.0. The highest BCUT2D eigenvalue weighted by molar-refractivity contribution is 9.10. The second-order valence-corrected chi connectivity index (χ2v) is 13.1. The molecule has 2 fully saturated rings. The Hall–Kier alpha value is -3.71. The molecule has 4 aromatic carbocycles. The van der Waals surface area contributed by atoms with Crippen LogP contribution in [0.25, 0.3) is 11.1 Å². The molecule has 2 aliphatic heterocycles. The van der Waals surface area contributed by atoms with Crippen molar-refractivity contribution >= 4 is 45.7 Å². The minimum atomic E-state index is -4.38. The number of anilines is 2. The number of aliphatic hydroxyl groups excluding tert-OH is 1. The third-order valence-corrected chi connectivity index (χ3v) is 8.79. The molecule has 0 aliphatic carbocycles. The standard InChI is InChI=1S/C19H20F3NO.C10H11BrFN.C8H9BO3/c1-13(24)14-5-4-6-15(9-14)16-10-17(19(20,21)22)12-18(11-16)23-7-2-3-8-23;11-8-5-9(12)7-10(6-8)13-3-1-2-4-13;1-6(10)7-3-2-4-8(5-7)9(11)12/h4-6,9-13,24H,2-3,7-8H2,1H3;5-7H,1-4H2;2-5,11-12H,1H3. The van der Waals surface area contributed by atoms with Crippen molar-refractivity contribution in [1.82, 2.24) is 0 Å². The molecule has 12 heteroatoms. The highest BCUT2D eigenvalue weighted by atomic mass is 79.9. The summed E-state index contributed by atoms with van der Waals surface area (Å²) in [6, 6.07) is 22.6. The van der Waals surface area contributed by atoms with Crippen LogP contribution < -0.4 is 15.3 Å². The SMILES string of the molecule is CC(=O)c1cccc(B(O)O)c1.CC(O)c1cccc(-c2cc(N3CCCC3)cc(C(F)(F)F)c2)c1.Fc1cc(Br)cc(N2CCCC2)c1. The van der Waals surface area contributed by atoms with E-state index in [1.165, 1.54) is 44.0 Å². The molecular formula is C37H40BBrF4N2O4. The van der Waals surface area contributed by atoms with Crippen molar-refractivity contribution in [1.29, 1.82) is 0 Å². The fraction of sp³-hybridized carbons (Fsp3) is 0.324. The maximum absolute atomic E-state index is 13.3. The molecule has 1 unspecified atom stereocenters. The number of hydrogen-bond donors (Lipinski definition) is 3. The van der Waals surface area contributed by atoms with Gasteiger partial charge in [-0.3, -0.25) is 4.79 Å². The predicted molar refractivity (Wildman–Crippen MR) is 191 cm³/mol. The van der Waals surface area contributed by atoms with Crippen molar-refractivity contribution in [3.63, 3.8) is 0 Å². The average Bonchev–Trinajstić information content (AvgIpc) is 3.80. The lowest BCUT2D eigenvalue weighted by molar-refractivity contribution is -0.137. The van der Waals surface area contributed by atoms with Crippen LogP contribution >= 0.6 is 15.9 Å². The zero-order chi connectivity index (χ0) is 35.7. The van der Waals surface area contributed by atoms with Gasteiger partial charge in [0.15, 0.2) is 5.78 Å². The maximum Gasteiger partial charge on any atom is 0.488 e. The van der Waals surface area contributed by atoms with Gasteiger partial charge in [-0.15, -0.1) is 0 Å². The van der Waals surface area contributed by atoms with E-state index < -0.39 is 25.0 Å². The summed E-state index contributed by atoms with van der Waals surface area (Å²) < 4.78 is 53.7. The number of carbonyl (C=O) groups is 1. The summed E-state index contributed by atoms with van der Waals surface area (Å²) in [5.74, 6) is -0.256. The van der Waals surface area contributed by atoms with E-state index in [-0.39, 0.29) is 11.6 Å². The number of aliphatic hydroxyl groups is 1. The molecular weight excluding hydrogens is 703 g/mol. The lowest BCUT2D eigenvalue weighted by Gasteiger charge is -2.21. The van der Waals surface area contributed by atoms with Crippen LogP contribution in [-0.4, -0.2) is 54.2 Å². The first kappa shape index (κ1) is 38.1. The number of alkyl halides is 3. The minimum absolute atomic E-state index is 0.0856. The second kappa shape index (κ2) is 17.3. The summed E-state index contributed by atoms with van der Waals surface area (Å²) >= 11 is 3.29. The Balaban J connectivity index is 0.000000182. The molecule has 1 atom stereocenters. The van der Waals surface area contributed by atoms with Crippen molar-refractivity contribution < 1.29 is 37.5 Å². The van der Waals surface area contributed by atoms with Crippen LogP contribution in [0.5, 0.6) is 0 Å². The van der Waals surface area contributed by atoms with Crippen LogP contribution in [0.4, 0.5) is 28.9 Å². The third-order valence-electron chi connectivity index (χ3n) is 8.33. The van der Waals surface area contributed by atoms with Gasteiger partial charge >= 0.3 is 13.3 Å². The molecule has 2 aliphatic rings. The molecule has 0 bridgehead atoms. The summed E-state index contributed by atoms with van der Waals surface area (Å²) in [6.07, 6.45) is -0.602. The van der Waals surface area contributed by atoms with E-state index in [2.05, 4.69) is 20.8 Å². The zero-order valence-electron chi connectivity index (χ0n) is 27.4. The number of carbonyl (C=O) groups excluding carboxylic acids is 1. The molecule has 260 valence electrons. The summed E-state index contributed by atoms with van der Waals surface area (Å²) in [5, 5.41) is 27.3. The Morgan fingerprint density at radius 3 is 1.92 bits per heavy atom. The van der Waals surface area contributed by atoms with Crippen LogP contribution in [-0.2, 0) is 6.18 Å². The van der Waals surface area contributed by atoms with E-state index in [0.717, 1.165) is 49.2 Å². The van der Waals surface area contributed by atoms with Gasteiger partial charge in [-0.2, -0.15) is 13.2 Å². The topological polar surface area (TPSA) is 84.2 Å². The van der Waals surface area contributed by atoms with E-state index in [1.807, 2.05) is 17.0 Å². The van der Waals surface area contributed by atoms with E-state index >= 15 is 0 Å². The average molecular weight is 743 g/mol. The molecule has 4 aromatic rings. The van der Waals surface area contributed by atoms with E-state index in [4.69, 9.17) is 10.0 Å². The summed E-state index contributed by atoms with van der Waals surface area (Å²) in [6.45, 7) is 6.75.